The zero-order valence-electron chi connectivity index (χ0n) is 19.3. The Labute approximate surface area is 199 Å². The van der Waals surface area contributed by atoms with E-state index in [1.165, 1.54) is 6.07 Å². The van der Waals surface area contributed by atoms with E-state index < -0.39 is 10.0 Å². The van der Waals surface area contributed by atoms with E-state index in [1.54, 1.807) is 55.6 Å². The zero-order valence-corrected chi connectivity index (χ0v) is 20.1. The highest BCUT2D eigenvalue weighted by Gasteiger charge is 2.23. The number of likely N-dealkylation sites (tertiary alicyclic amines) is 1. The Hall–Kier alpha value is -3.08. The molecule has 1 unspecified atom stereocenters. The molecule has 10 heteroatoms. The van der Waals surface area contributed by atoms with E-state index in [-0.39, 0.29) is 16.8 Å². The lowest BCUT2D eigenvalue weighted by atomic mass is 10.1. The normalized spacial score (nSPS) is 16.9. The van der Waals surface area contributed by atoms with Crippen molar-refractivity contribution in [2.45, 2.75) is 37.2 Å². The second kappa shape index (κ2) is 10.5. The number of aromatic nitrogens is 2. The molecular formula is C24H29FN6O2S. The maximum absolute atomic E-state index is 13.5. The fourth-order valence-electron chi connectivity index (χ4n) is 3.90. The smallest absolute Gasteiger partial charge is 0.240 e. The van der Waals surface area contributed by atoms with Gasteiger partial charge < -0.3 is 15.5 Å². The molecule has 0 aliphatic carbocycles. The molecule has 8 nitrogen and oxygen atoms in total. The van der Waals surface area contributed by atoms with Gasteiger partial charge in [-0.05, 0) is 80.9 Å². The van der Waals surface area contributed by atoms with Gasteiger partial charge in [0.1, 0.15) is 11.6 Å². The SMILES string of the molecule is Cc1cc(Nc2ccnc(NCc3ccc(S(=O)(=O)NC4CCCN(C)C4)cc3)n2)ccc1F. The van der Waals surface area contributed by atoms with Gasteiger partial charge in [-0.25, -0.2) is 22.5 Å². The summed E-state index contributed by atoms with van der Waals surface area (Å²) in [4.78, 5) is 11.0. The number of piperidine rings is 1. The van der Waals surface area contributed by atoms with E-state index in [4.69, 9.17) is 0 Å². The average molecular weight is 485 g/mol. The van der Waals surface area contributed by atoms with Crippen molar-refractivity contribution in [2.75, 3.05) is 30.8 Å². The number of likely N-dealkylation sites (N-methyl/N-ethyl adjacent to an activating group) is 1. The van der Waals surface area contributed by atoms with Crippen LogP contribution in [0.2, 0.25) is 0 Å². The van der Waals surface area contributed by atoms with Gasteiger partial charge in [-0.2, -0.15) is 4.98 Å². The minimum Gasteiger partial charge on any atom is -0.350 e. The van der Waals surface area contributed by atoms with Crippen LogP contribution in [-0.2, 0) is 16.6 Å². The van der Waals surface area contributed by atoms with Crippen molar-refractivity contribution in [3.05, 3.63) is 71.7 Å². The predicted molar refractivity (Wildman–Crippen MR) is 131 cm³/mol. The molecule has 0 amide bonds. The number of benzene rings is 2. The van der Waals surface area contributed by atoms with Crippen LogP contribution in [0.4, 0.5) is 21.8 Å². The first kappa shape index (κ1) is 24.1. The molecule has 0 spiro atoms. The fourth-order valence-corrected chi connectivity index (χ4v) is 5.16. The standard InChI is InChI=1S/C24H29FN6O2S/c1-17-14-19(7-10-22(17)25)28-23-11-12-26-24(29-23)27-15-18-5-8-21(9-6-18)34(32,33)30-20-4-3-13-31(2)16-20/h5-12,14,20,30H,3-4,13,15-16H2,1-2H3,(H2,26,27,28,29). The molecule has 1 fully saturated rings. The average Bonchev–Trinajstić information content (AvgIpc) is 2.80. The van der Waals surface area contributed by atoms with Crippen LogP contribution in [0, 0.1) is 12.7 Å². The Morgan fingerprint density at radius 1 is 1.15 bits per heavy atom. The van der Waals surface area contributed by atoms with E-state index in [9.17, 15) is 12.8 Å². The number of nitrogens with zero attached hydrogens (tertiary/aromatic N) is 3. The minimum atomic E-state index is -3.56. The van der Waals surface area contributed by atoms with E-state index >= 15 is 0 Å². The molecule has 1 aliphatic heterocycles. The van der Waals surface area contributed by atoms with Crippen LogP contribution in [0.25, 0.3) is 0 Å². The molecule has 1 aliphatic rings. The van der Waals surface area contributed by atoms with Crippen LogP contribution in [0.3, 0.4) is 0 Å². The number of sulfonamides is 1. The number of halogens is 1. The Kier molecular flexibility index (Phi) is 7.40. The lowest BCUT2D eigenvalue weighted by Crippen LogP contribution is -2.46. The first-order valence-electron chi connectivity index (χ1n) is 11.2. The topological polar surface area (TPSA) is 99.2 Å². The highest BCUT2D eigenvalue weighted by atomic mass is 32.2. The molecule has 3 N–H and O–H groups in total. The van der Waals surface area contributed by atoms with Gasteiger partial charge in [0.2, 0.25) is 16.0 Å². The second-order valence-electron chi connectivity index (χ2n) is 8.57. The van der Waals surface area contributed by atoms with Crippen LogP contribution in [-0.4, -0.2) is 49.5 Å². The second-order valence-corrected chi connectivity index (χ2v) is 10.3. The summed E-state index contributed by atoms with van der Waals surface area (Å²) >= 11 is 0. The van der Waals surface area contributed by atoms with Crippen molar-refractivity contribution in [3.8, 4) is 0 Å². The molecule has 4 rings (SSSR count). The molecule has 0 radical (unpaired) electrons. The first-order valence-corrected chi connectivity index (χ1v) is 12.7. The van der Waals surface area contributed by atoms with E-state index in [0.29, 0.717) is 23.9 Å². The monoisotopic (exact) mass is 484 g/mol. The zero-order chi connectivity index (χ0) is 24.1. The van der Waals surface area contributed by atoms with Crippen molar-refractivity contribution >= 4 is 27.5 Å². The molecule has 0 saturated carbocycles. The fraction of sp³-hybridized carbons (Fsp3) is 0.333. The summed E-state index contributed by atoms with van der Waals surface area (Å²) < 4.78 is 41.8. The largest absolute Gasteiger partial charge is 0.350 e. The van der Waals surface area contributed by atoms with Crippen molar-refractivity contribution in [2.24, 2.45) is 0 Å². The number of rotatable bonds is 8. The minimum absolute atomic E-state index is 0.0676. The summed E-state index contributed by atoms with van der Waals surface area (Å²) in [6.45, 7) is 3.85. The molecule has 180 valence electrons. The van der Waals surface area contributed by atoms with Crippen LogP contribution in [0.5, 0.6) is 0 Å². The predicted octanol–water partition coefficient (Wildman–Crippen LogP) is 3.65. The molecule has 1 saturated heterocycles. The summed E-state index contributed by atoms with van der Waals surface area (Å²) in [7, 11) is -1.56. The van der Waals surface area contributed by atoms with Gasteiger partial charge in [0, 0.05) is 31.0 Å². The summed E-state index contributed by atoms with van der Waals surface area (Å²) in [5.41, 5.74) is 2.17. The molecular weight excluding hydrogens is 455 g/mol. The van der Waals surface area contributed by atoms with E-state index in [0.717, 1.165) is 37.2 Å². The van der Waals surface area contributed by atoms with Gasteiger partial charge in [-0.3, -0.25) is 0 Å². The summed E-state index contributed by atoms with van der Waals surface area (Å²) in [6, 6.07) is 13.2. The Bertz CT molecular complexity index is 1240. The highest BCUT2D eigenvalue weighted by Crippen LogP contribution is 2.19. The first-order chi connectivity index (χ1) is 16.3. The van der Waals surface area contributed by atoms with Gasteiger partial charge >= 0.3 is 0 Å². The molecule has 2 heterocycles. The number of hydrogen-bond acceptors (Lipinski definition) is 7. The third-order valence-corrected chi connectivity index (χ3v) is 7.25. The maximum Gasteiger partial charge on any atom is 0.240 e. The van der Waals surface area contributed by atoms with Crippen molar-refractivity contribution in [3.63, 3.8) is 0 Å². The summed E-state index contributed by atoms with van der Waals surface area (Å²) in [6.07, 6.45) is 3.45. The summed E-state index contributed by atoms with van der Waals surface area (Å²) in [5.74, 6) is 0.736. The molecule has 2 aromatic carbocycles. The Balaban J connectivity index is 1.35. The molecule has 3 aromatic rings. The van der Waals surface area contributed by atoms with Gasteiger partial charge in [0.25, 0.3) is 0 Å². The number of hydrogen-bond donors (Lipinski definition) is 3. The van der Waals surface area contributed by atoms with Gasteiger partial charge in [0.15, 0.2) is 0 Å². The van der Waals surface area contributed by atoms with Gasteiger partial charge in [-0.15, -0.1) is 0 Å². The van der Waals surface area contributed by atoms with Crippen LogP contribution in [0.1, 0.15) is 24.0 Å². The van der Waals surface area contributed by atoms with Crippen LogP contribution >= 0.6 is 0 Å². The van der Waals surface area contributed by atoms with Crippen molar-refractivity contribution in [1.29, 1.82) is 0 Å². The van der Waals surface area contributed by atoms with Crippen LogP contribution < -0.4 is 15.4 Å². The van der Waals surface area contributed by atoms with Gasteiger partial charge in [-0.1, -0.05) is 12.1 Å². The molecule has 1 atom stereocenters. The van der Waals surface area contributed by atoms with Crippen molar-refractivity contribution < 1.29 is 12.8 Å². The lowest BCUT2D eigenvalue weighted by molar-refractivity contribution is 0.242. The maximum atomic E-state index is 13.5. The molecule has 0 bridgehead atoms. The van der Waals surface area contributed by atoms with Crippen molar-refractivity contribution in [1.82, 2.24) is 19.6 Å². The van der Waals surface area contributed by atoms with E-state index in [1.807, 2.05) is 7.05 Å². The van der Waals surface area contributed by atoms with Gasteiger partial charge in [0.05, 0.1) is 4.90 Å². The van der Waals surface area contributed by atoms with E-state index in [2.05, 4.69) is 30.2 Å². The molecule has 34 heavy (non-hydrogen) atoms. The number of nitrogens with one attached hydrogen (secondary N) is 3. The quantitative estimate of drug-likeness (QED) is 0.449. The number of aryl methyl sites for hydroxylation is 1. The highest BCUT2D eigenvalue weighted by molar-refractivity contribution is 7.89. The Morgan fingerprint density at radius 2 is 1.94 bits per heavy atom. The van der Waals surface area contributed by atoms with Crippen LogP contribution in [0.15, 0.2) is 59.6 Å². The Morgan fingerprint density at radius 3 is 2.68 bits per heavy atom. The number of anilines is 3. The third-order valence-electron chi connectivity index (χ3n) is 5.72. The summed E-state index contributed by atoms with van der Waals surface area (Å²) in [5, 5.41) is 6.28. The lowest BCUT2D eigenvalue weighted by Gasteiger charge is -2.29. The third kappa shape index (κ3) is 6.28. The molecule has 1 aromatic heterocycles.